The normalized spacial score (nSPS) is 25.5. The van der Waals surface area contributed by atoms with Crippen molar-refractivity contribution in [3.63, 3.8) is 0 Å². The molecular formula is C14H16ClNO4. The number of hydrogen-bond donors (Lipinski definition) is 1. The maximum atomic E-state index is 12.1. The zero-order valence-electron chi connectivity index (χ0n) is 11.1. The number of halogens is 1. The summed E-state index contributed by atoms with van der Waals surface area (Å²) in [6, 6.07) is 9.21. The summed E-state index contributed by atoms with van der Waals surface area (Å²) in [6.45, 7) is 1.78. The predicted octanol–water partition coefficient (Wildman–Crippen LogP) is 2.48. The zero-order chi connectivity index (χ0) is 14.8. The molecule has 0 bridgehead atoms. The molecule has 1 saturated heterocycles. The van der Waals surface area contributed by atoms with Crippen LogP contribution in [-0.2, 0) is 16.1 Å². The largest absolute Gasteiger partial charge is 0.480 e. The van der Waals surface area contributed by atoms with Gasteiger partial charge in [-0.1, -0.05) is 30.3 Å². The number of carboxylic acid groups (broad SMARTS) is 1. The van der Waals surface area contributed by atoms with Crippen molar-refractivity contribution in [2.24, 2.45) is 0 Å². The van der Waals surface area contributed by atoms with Crippen LogP contribution in [0.25, 0.3) is 0 Å². The molecule has 1 aliphatic heterocycles. The van der Waals surface area contributed by atoms with Crippen molar-refractivity contribution in [3.05, 3.63) is 35.9 Å². The number of carbonyl (C=O) groups is 2. The van der Waals surface area contributed by atoms with Crippen LogP contribution >= 0.6 is 11.6 Å². The minimum atomic E-state index is -1.31. The van der Waals surface area contributed by atoms with Gasteiger partial charge >= 0.3 is 12.1 Å². The van der Waals surface area contributed by atoms with Crippen molar-refractivity contribution >= 4 is 23.7 Å². The monoisotopic (exact) mass is 297 g/mol. The van der Waals surface area contributed by atoms with Gasteiger partial charge in [0.2, 0.25) is 0 Å². The summed E-state index contributed by atoms with van der Waals surface area (Å²) in [5.41, 5.74) is -0.459. The first-order valence-electron chi connectivity index (χ1n) is 6.29. The van der Waals surface area contributed by atoms with Crippen molar-refractivity contribution in [2.45, 2.75) is 30.9 Å². The smallest absolute Gasteiger partial charge is 0.411 e. The predicted molar refractivity (Wildman–Crippen MR) is 73.6 cm³/mol. The van der Waals surface area contributed by atoms with E-state index in [1.165, 1.54) is 11.8 Å². The van der Waals surface area contributed by atoms with Crippen molar-refractivity contribution in [2.75, 3.05) is 6.54 Å². The molecule has 1 amide bonds. The van der Waals surface area contributed by atoms with E-state index in [9.17, 15) is 14.7 Å². The molecule has 1 fully saturated rings. The van der Waals surface area contributed by atoms with Crippen LogP contribution in [0.1, 0.15) is 18.9 Å². The first-order chi connectivity index (χ1) is 9.43. The second-order valence-electron chi connectivity index (χ2n) is 5.03. The number of carboxylic acids is 1. The lowest BCUT2D eigenvalue weighted by Gasteiger charge is -2.29. The third-order valence-electron chi connectivity index (χ3n) is 3.48. The lowest BCUT2D eigenvalue weighted by atomic mass is 10.00. The Kier molecular flexibility index (Phi) is 4.18. The Morgan fingerprint density at radius 1 is 1.45 bits per heavy atom. The fourth-order valence-corrected chi connectivity index (χ4v) is 2.72. The number of rotatable bonds is 3. The van der Waals surface area contributed by atoms with Gasteiger partial charge in [0.1, 0.15) is 12.1 Å². The number of alkyl halides is 1. The van der Waals surface area contributed by atoms with E-state index >= 15 is 0 Å². The van der Waals surface area contributed by atoms with Gasteiger partial charge in [-0.05, 0) is 18.9 Å². The average molecular weight is 298 g/mol. The number of nitrogens with zero attached hydrogens (tertiary/aromatic N) is 1. The van der Waals surface area contributed by atoms with Gasteiger partial charge in [0.25, 0.3) is 0 Å². The van der Waals surface area contributed by atoms with Gasteiger partial charge in [-0.2, -0.15) is 0 Å². The first kappa shape index (κ1) is 14.7. The summed E-state index contributed by atoms with van der Waals surface area (Å²) in [4.78, 5) is 24.6. The average Bonchev–Trinajstić information content (AvgIpc) is 2.74. The lowest BCUT2D eigenvalue weighted by Crippen LogP contribution is -2.50. The number of ether oxygens (including phenoxy) is 1. The van der Waals surface area contributed by atoms with Crippen molar-refractivity contribution < 1.29 is 19.4 Å². The summed E-state index contributed by atoms with van der Waals surface area (Å²) < 4.78 is 5.17. The minimum absolute atomic E-state index is 0.110. The molecule has 1 aromatic carbocycles. The summed E-state index contributed by atoms with van der Waals surface area (Å²) >= 11 is 5.98. The fourth-order valence-electron chi connectivity index (χ4n) is 2.28. The molecule has 1 N–H and O–H groups in total. The number of carbonyl (C=O) groups excluding carboxylic acids is 1. The van der Waals surface area contributed by atoms with Gasteiger partial charge in [0, 0.05) is 6.54 Å². The van der Waals surface area contributed by atoms with E-state index in [1.807, 2.05) is 30.3 Å². The standard InChI is InChI=1S/C14H16ClNO4/c1-14(12(17)18)7-11(15)8-16(14)13(19)20-9-10-5-3-2-4-6-10/h2-6,11H,7-9H2,1H3,(H,17,18)/t11-,14+/m1/s1. The maximum absolute atomic E-state index is 12.1. The molecule has 1 aliphatic rings. The second-order valence-corrected chi connectivity index (χ2v) is 5.65. The molecule has 0 aromatic heterocycles. The molecule has 0 radical (unpaired) electrons. The Bertz CT molecular complexity index is 507. The van der Waals surface area contributed by atoms with Crippen LogP contribution < -0.4 is 0 Å². The quantitative estimate of drug-likeness (QED) is 0.870. The lowest BCUT2D eigenvalue weighted by molar-refractivity contribution is -0.147. The zero-order valence-corrected chi connectivity index (χ0v) is 11.8. The number of aliphatic carboxylic acids is 1. The number of benzene rings is 1. The van der Waals surface area contributed by atoms with E-state index in [1.54, 1.807) is 0 Å². The van der Waals surface area contributed by atoms with Crippen molar-refractivity contribution in [3.8, 4) is 0 Å². The number of likely N-dealkylation sites (tertiary alicyclic amines) is 1. The Labute approximate surface area is 122 Å². The van der Waals surface area contributed by atoms with Crippen LogP contribution in [0, 0.1) is 0 Å². The topological polar surface area (TPSA) is 66.8 Å². The summed E-state index contributed by atoms with van der Waals surface area (Å²) in [5.74, 6) is -1.07. The number of hydrogen-bond acceptors (Lipinski definition) is 3. The van der Waals surface area contributed by atoms with Crippen LogP contribution in [0.3, 0.4) is 0 Å². The Balaban J connectivity index is 2.03. The van der Waals surface area contributed by atoms with Gasteiger partial charge in [0.05, 0.1) is 5.38 Å². The highest BCUT2D eigenvalue weighted by atomic mass is 35.5. The van der Waals surface area contributed by atoms with Gasteiger partial charge < -0.3 is 9.84 Å². The molecule has 6 heteroatoms. The van der Waals surface area contributed by atoms with Gasteiger partial charge in [-0.15, -0.1) is 11.6 Å². The number of amides is 1. The highest BCUT2D eigenvalue weighted by Crippen LogP contribution is 2.33. The summed E-state index contributed by atoms with van der Waals surface area (Å²) in [6.07, 6.45) is -0.438. The molecule has 20 heavy (non-hydrogen) atoms. The van der Waals surface area contributed by atoms with E-state index < -0.39 is 17.6 Å². The van der Waals surface area contributed by atoms with Crippen LogP contribution in [-0.4, -0.2) is 39.5 Å². The second kappa shape index (κ2) is 5.71. The third kappa shape index (κ3) is 2.88. The highest BCUT2D eigenvalue weighted by molar-refractivity contribution is 6.21. The van der Waals surface area contributed by atoms with E-state index in [4.69, 9.17) is 16.3 Å². The molecule has 0 saturated carbocycles. The molecule has 5 nitrogen and oxygen atoms in total. The van der Waals surface area contributed by atoms with Gasteiger partial charge in [-0.25, -0.2) is 9.59 Å². The van der Waals surface area contributed by atoms with Crippen LogP contribution in [0.5, 0.6) is 0 Å². The van der Waals surface area contributed by atoms with Gasteiger partial charge in [0.15, 0.2) is 0 Å². The Morgan fingerprint density at radius 2 is 2.10 bits per heavy atom. The molecule has 108 valence electrons. The molecule has 0 spiro atoms. The molecule has 2 atom stereocenters. The van der Waals surface area contributed by atoms with Crippen LogP contribution in [0.4, 0.5) is 4.79 Å². The Morgan fingerprint density at radius 3 is 2.70 bits per heavy atom. The molecule has 1 aromatic rings. The molecule has 0 unspecified atom stereocenters. The van der Waals surface area contributed by atoms with E-state index in [0.29, 0.717) is 0 Å². The molecule has 2 rings (SSSR count). The molecule has 0 aliphatic carbocycles. The highest BCUT2D eigenvalue weighted by Gasteiger charge is 2.50. The third-order valence-corrected chi connectivity index (χ3v) is 3.77. The van der Waals surface area contributed by atoms with Crippen molar-refractivity contribution in [1.82, 2.24) is 4.90 Å². The van der Waals surface area contributed by atoms with E-state index in [0.717, 1.165) is 5.56 Å². The Hall–Kier alpha value is -1.75. The van der Waals surface area contributed by atoms with E-state index in [-0.39, 0.29) is 24.9 Å². The summed E-state index contributed by atoms with van der Waals surface area (Å²) in [5, 5.41) is 8.91. The molecular weight excluding hydrogens is 282 g/mol. The molecule has 1 heterocycles. The summed E-state index contributed by atoms with van der Waals surface area (Å²) in [7, 11) is 0. The fraction of sp³-hybridized carbons (Fsp3) is 0.429. The van der Waals surface area contributed by atoms with Crippen LogP contribution in [0.2, 0.25) is 0 Å². The first-order valence-corrected chi connectivity index (χ1v) is 6.73. The SMILES string of the molecule is C[C@@]1(C(=O)O)C[C@@H](Cl)CN1C(=O)OCc1ccccc1. The minimum Gasteiger partial charge on any atom is -0.480 e. The maximum Gasteiger partial charge on any atom is 0.411 e. The van der Waals surface area contributed by atoms with Crippen molar-refractivity contribution in [1.29, 1.82) is 0 Å². The van der Waals surface area contributed by atoms with E-state index in [2.05, 4.69) is 0 Å². The van der Waals surface area contributed by atoms with Crippen LogP contribution in [0.15, 0.2) is 30.3 Å². The van der Waals surface area contributed by atoms with Gasteiger partial charge in [-0.3, -0.25) is 4.90 Å².